The molecule has 1 fully saturated rings. The third-order valence-corrected chi connectivity index (χ3v) is 4.70. The molecule has 1 aliphatic rings. The summed E-state index contributed by atoms with van der Waals surface area (Å²) in [4.78, 5) is 0. The minimum absolute atomic E-state index is 0.326. The lowest BCUT2D eigenvalue weighted by Gasteiger charge is -2.37. The van der Waals surface area contributed by atoms with Gasteiger partial charge in [-0.05, 0) is 43.2 Å². The molecule has 0 aromatic heterocycles. The van der Waals surface area contributed by atoms with Crippen LogP contribution in [0.3, 0.4) is 0 Å². The Morgan fingerprint density at radius 2 is 1.78 bits per heavy atom. The van der Waals surface area contributed by atoms with E-state index in [4.69, 9.17) is 11.6 Å². The number of halogens is 1. The molecule has 0 bridgehead atoms. The van der Waals surface area contributed by atoms with Gasteiger partial charge in [0.15, 0.2) is 0 Å². The van der Waals surface area contributed by atoms with E-state index in [1.165, 1.54) is 24.8 Å². The van der Waals surface area contributed by atoms with Gasteiger partial charge in [-0.25, -0.2) is 0 Å². The van der Waals surface area contributed by atoms with Crippen LogP contribution in [0.4, 0.5) is 0 Å². The Hall–Kier alpha value is -0.530. The van der Waals surface area contributed by atoms with Gasteiger partial charge in [0.05, 0.1) is 0 Å². The Morgan fingerprint density at radius 1 is 1.17 bits per heavy atom. The van der Waals surface area contributed by atoms with E-state index in [0.717, 1.165) is 16.9 Å². The van der Waals surface area contributed by atoms with Crippen LogP contribution in [-0.2, 0) is 0 Å². The predicted octanol–water partition coefficient (Wildman–Crippen LogP) is 4.82. The second-order valence-corrected chi connectivity index (χ2v) is 6.23. The van der Waals surface area contributed by atoms with Crippen LogP contribution in [0.1, 0.15) is 51.6 Å². The van der Waals surface area contributed by atoms with Gasteiger partial charge in [-0.3, -0.25) is 0 Å². The van der Waals surface area contributed by atoms with Crippen LogP contribution in [-0.4, -0.2) is 6.04 Å². The van der Waals surface area contributed by atoms with Gasteiger partial charge >= 0.3 is 0 Å². The molecule has 1 aliphatic carbocycles. The summed E-state index contributed by atoms with van der Waals surface area (Å²) in [5.74, 6) is 1.53. The van der Waals surface area contributed by atoms with Gasteiger partial charge in [-0.15, -0.1) is 0 Å². The van der Waals surface area contributed by atoms with E-state index >= 15 is 0 Å². The zero-order valence-corrected chi connectivity index (χ0v) is 12.4. The van der Waals surface area contributed by atoms with Gasteiger partial charge < -0.3 is 5.32 Å². The van der Waals surface area contributed by atoms with Gasteiger partial charge in [0.25, 0.3) is 0 Å². The average molecular weight is 266 g/mol. The van der Waals surface area contributed by atoms with E-state index in [-0.39, 0.29) is 0 Å². The molecule has 1 N–H and O–H groups in total. The highest BCUT2D eigenvalue weighted by Crippen LogP contribution is 2.31. The number of benzene rings is 1. The number of rotatable bonds is 3. The van der Waals surface area contributed by atoms with Gasteiger partial charge in [-0.2, -0.15) is 0 Å². The minimum atomic E-state index is 0.326. The second kappa shape index (κ2) is 6.08. The first-order chi connectivity index (χ1) is 8.59. The lowest BCUT2D eigenvalue weighted by Crippen LogP contribution is -2.43. The summed E-state index contributed by atoms with van der Waals surface area (Å²) in [5.41, 5.74) is 1.21. The molecule has 0 aliphatic heterocycles. The van der Waals surface area contributed by atoms with Crippen LogP contribution >= 0.6 is 11.6 Å². The van der Waals surface area contributed by atoms with Crippen molar-refractivity contribution >= 4 is 11.6 Å². The van der Waals surface area contributed by atoms with Crippen molar-refractivity contribution in [1.82, 2.24) is 5.32 Å². The topological polar surface area (TPSA) is 12.0 Å². The Labute approximate surface area is 116 Å². The lowest BCUT2D eigenvalue weighted by molar-refractivity contribution is 0.196. The van der Waals surface area contributed by atoms with Crippen molar-refractivity contribution in [3.8, 4) is 0 Å². The van der Waals surface area contributed by atoms with E-state index in [2.05, 4.69) is 38.2 Å². The largest absolute Gasteiger partial charge is 0.307 e. The highest BCUT2D eigenvalue weighted by Gasteiger charge is 2.28. The minimum Gasteiger partial charge on any atom is -0.307 e. The maximum absolute atomic E-state index is 6.27. The van der Waals surface area contributed by atoms with Crippen LogP contribution in [0.5, 0.6) is 0 Å². The van der Waals surface area contributed by atoms with E-state index < -0.39 is 0 Å². The molecule has 3 atom stereocenters. The smallest absolute Gasteiger partial charge is 0.0453 e. The van der Waals surface area contributed by atoms with Crippen molar-refractivity contribution in [3.05, 3.63) is 34.9 Å². The quantitative estimate of drug-likeness (QED) is 0.827. The predicted molar refractivity (Wildman–Crippen MR) is 79.0 cm³/mol. The van der Waals surface area contributed by atoms with Crippen LogP contribution in [0.2, 0.25) is 5.02 Å². The molecule has 1 aromatic rings. The van der Waals surface area contributed by atoms with E-state index in [0.29, 0.717) is 12.1 Å². The molecule has 0 spiro atoms. The highest BCUT2D eigenvalue weighted by molar-refractivity contribution is 6.31. The first-order valence-corrected chi connectivity index (χ1v) is 7.48. The summed E-state index contributed by atoms with van der Waals surface area (Å²) >= 11 is 6.27. The van der Waals surface area contributed by atoms with Crippen molar-refractivity contribution in [2.75, 3.05) is 0 Å². The first kappa shape index (κ1) is 13.9. The maximum atomic E-state index is 6.27. The molecule has 2 unspecified atom stereocenters. The summed E-state index contributed by atoms with van der Waals surface area (Å²) in [7, 11) is 0. The van der Waals surface area contributed by atoms with Crippen LogP contribution in [0, 0.1) is 11.8 Å². The molecular formula is C16H24ClN. The highest BCUT2D eigenvalue weighted by atomic mass is 35.5. The van der Waals surface area contributed by atoms with Gasteiger partial charge in [-0.1, -0.05) is 50.1 Å². The van der Waals surface area contributed by atoms with Crippen LogP contribution in [0.15, 0.2) is 24.3 Å². The van der Waals surface area contributed by atoms with E-state index in [1.807, 2.05) is 12.1 Å². The maximum Gasteiger partial charge on any atom is 0.0453 e. The van der Waals surface area contributed by atoms with Crippen molar-refractivity contribution in [2.45, 2.75) is 52.1 Å². The zero-order valence-electron chi connectivity index (χ0n) is 11.6. The second-order valence-electron chi connectivity index (χ2n) is 5.82. The lowest BCUT2D eigenvalue weighted by atomic mass is 9.78. The molecule has 0 saturated heterocycles. The Bertz CT molecular complexity index is 380. The van der Waals surface area contributed by atoms with Crippen LogP contribution in [0.25, 0.3) is 0 Å². The zero-order chi connectivity index (χ0) is 13.1. The molecule has 2 heteroatoms. The summed E-state index contributed by atoms with van der Waals surface area (Å²) in [6.45, 7) is 6.95. The molecule has 0 amide bonds. The Balaban J connectivity index is 2.06. The number of hydrogen-bond acceptors (Lipinski definition) is 1. The molecular weight excluding hydrogens is 242 g/mol. The molecule has 1 aromatic carbocycles. The third-order valence-electron chi connectivity index (χ3n) is 4.36. The van der Waals surface area contributed by atoms with Crippen LogP contribution < -0.4 is 5.32 Å². The fraction of sp³-hybridized carbons (Fsp3) is 0.625. The first-order valence-electron chi connectivity index (χ1n) is 7.10. The number of hydrogen-bond donors (Lipinski definition) is 1. The van der Waals surface area contributed by atoms with Crippen molar-refractivity contribution < 1.29 is 0 Å². The number of nitrogens with one attached hydrogen (secondary N) is 1. The van der Waals surface area contributed by atoms with E-state index in [1.54, 1.807) is 0 Å². The van der Waals surface area contributed by atoms with Gasteiger partial charge in [0.2, 0.25) is 0 Å². The molecule has 1 nitrogen and oxygen atoms in total. The summed E-state index contributed by atoms with van der Waals surface area (Å²) in [6, 6.07) is 9.09. The standard InChI is InChI=1S/C16H24ClN/c1-11-7-6-8-12(2)16(11)18-13(3)14-9-4-5-10-15(14)17/h4-5,9-13,16,18H,6-8H2,1-3H3/t11?,12?,13-,16?/m1/s1. The fourth-order valence-corrected chi connectivity index (χ4v) is 3.51. The molecule has 18 heavy (non-hydrogen) atoms. The molecule has 0 radical (unpaired) electrons. The molecule has 1 saturated carbocycles. The Kier molecular flexibility index (Phi) is 4.69. The van der Waals surface area contributed by atoms with Gasteiger partial charge in [0.1, 0.15) is 0 Å². The normalized spacial score (nSPS) is 30.1. The average Bonchev–Trinajstić information content (AvgIpc) is 2.34. The summed E-state index contributed by atoms with van der Waals surface area (Å²) in [5, 5.41) is 4.66. The van der Waals surface area contributed by atoms with Gasteiger partial charge in [0, 0.05) is 17.1 Å². The third kappa shape index (κ3) is 3.07. The fourth-order valence-electron chi connectivity index (χ4n) is 3.22. The van der Waals surface area contributed by atoms with Crippen molar-refractivity contribution in [3.63, 3.8) is 0 Å². The van der Waals surface area contributed by atoms with Crippen molar-refractivity contribution in [1.29, 1.82) is 0 Å². The van der Waals surface area contributed by atoms with Crippen molar-refractivity contribution in [2.24, 2.45) is 11.8 Å². The SMILES string of the molecule is CC1CCCC(C)C1N[C@H](C)c1ccccc1Cl. The Morgan fingerprint density at radius 3 is 2.39 bits per heavy atom. The van der Waals surface area contributed by atoms with E-state index in [9.17, 15) is 0 Å². The summed E-state index contributed by atoms with van der Waals surface area (Å²) < 4.78 is 0. The molecule has 2 rings (SSSR count). The monoisotopic (exact) mass is 265 g/mol. The molecule has 0 heterocycles. The molecule has 100 valence electrons. The summed E-state index contributed by atoms with van der Waals surface area (Å²) in [6.07, 6.45) is 4.06.